The van der Waals surface area contributed by atoms with Gasteiger partial charge >= 0.3 is 0 Å². The summed E-state index contributed by atoms with van der Waals surface area (Å²) >= 11 is 0. The number of hydrogen-bond donors (Lipinski definition) is 1. The molecule has 3 rings (SSSR count). The standard InChI is InChI=1S/C16H23FN2O/c17-16-4-2-1-3-13(16)12-20-15-6-9-19(10-7-15)14-5-8-18-11-14/h1-4,14-15,18H,5-12H2. The number of benzene rings is 1. The van der Waals surface area contributed by atoms with E-state index < -0.39 is 0 Å². The minimum absolute atomic E-state index is 0.165. The molecular weight excluding hydrogens is 255 g/mol. The molecule has 110 valence electrons. The molecule has 0 saturated carbocycles. The van der Waals surface area contributed by atoms with Crippen LogP contribution in [0.4, 0.5) is 4.39 Å². The first-order chi connectivity index (χ1) is 9.83. The molecule has 1 N–H and O–H groups in total. The van der Waals surface area contributed by atoms with Gasteiger partial charge in [0.1, 0.15) is 5.82 Å². The lowest BCUT2D eigenvalue weighted by Crippen LogP contribution is -2.44. The lowest BCUT2D eigenvalue weighted by molar-refractivity contribution is -0.0103. The maximum Gasteiger partial charge on any atom is 0.128 e. The van der Waals surface area contributed by atoms with Crippen molar-refractivity contribution in [2.45, 2.75) is 38.0 Å². The van der Waals surface area contributed by atoms with Crippen LogP contribution in [-0.2, 0) is 11.3 Å². The van der Waals surface area contributed by atoms with Gasteiger partial charge in [0, 0.05) is 31.2 Å². The minimum Gasteiger partial charge on any atom is -0.373 e. The second kappa shape index (κ2) is 6.66. The second-order valence-electron chi connectivity index (χ2n) is 5.78. The predicted molar refractivity (Wildman–Crippen MR) is 77.1 cm³/mol. The fourth-order valence-electron chi connectivity index (χ4n) is 3.18. The van der Waals surface area contributed by atoms with Crippen LogP contribution in [0.1, 0.15) is 24.8 Å². The highest BCUT2D eigenvalue weighted by Crippen LogP contribution is 2.20. The van der Waals surface area contributed by atoms with Crippen LogP contribution in [0.25, 0.3) is 0 Å². The van der Waals surface area contributed by atoms with Crippen LogP contribution in [0, 0.1) is 5.82 Å². The first-order valence-electron chi connectivity index (χ1n) is 7.63. The lowest BCUT2D eigenvalue weighted by atomic mass is 10.0. The smallest absolute Gasteiger partial charge is 0.128 e. The number of rotatable bonds is 4. The van der Waals surface area contributed by atoms with Crippen molar-refractivity contribution in [3.8, 4) is 0 Å². The van der Waals surface area contributed by atoms with E-state index in [2.05, 4.69) is 10.2 Å². The zero-order valence-electron chi connectivity index (χ0n) is 11.9. The molecule has 2 aliphatic heterocycles. The number of likely N-dealkylation sites (tertiary alicyclic amines) is 1. The molecule has 1 unspecified atom stereocenters. The third-order valence-electron chi connectivity index (χ3n) is 4.46. The molecule has 2 saturated heterocycles. The first-order valence-corrected chi connectivity index (χ1v) is 7.63. The number of hydrogen-bond acceptors (Lipinski definition) is 3. The van der Waals surface area contributed by atoms with E-state index in [0.717, 1.165) is 39.0 Å². The molecule has 2 fully saturated rings. The molecule has 2 heterocycles. The summed E-state index contributed by atoms with van der Waals surface area (Å²) in [6.45, 7) is 4.88. The Labute approximate surface area is 120 Å². The van der Waals surface area contributed by atoms with E-state index in [0.29, 0.717) is 18.2 Å². The van der Waals surface area contributed by atoms with Crippen molar-refractivity contribution in [2.75, 3.05) is 26.2 Å². The molecule has 0 aromatic heterocycles. The first kappa shape index (κ1) is 14.0. The van der Waals surface area contributed by atoms with Crippen molar-refractivity contribution < 1.29 is 9.13 Å². The summed E-state index contributed by atoms with van der Waals surface area (Å²) in [7, 11) is 0. The zero-order valence-corrected chi connectivity index (χ0v) is 11.9. The Kier molecular flexibility index (Phi) is 4.65. The van der Waals surface area contributed by atoms with Gasteiger partial charge in [-0.1, -0.05) is 18.2 Å². The van der Waals surface area contributed by atoms with Gasteiger partial charge in [0.2, 0.25) is 0 Å². The summed E-state index contributed by atoms with van der Waals surface area (Å²) in [5.74, 6) is -0.165. The Bertz CT molecular complexity index is 426. The molecular formula is C16H23FN2O. The van der Waals surface area contributed by atoms with E-state index in [-0.39, 0.29) is 11.9 Å². The number of piperidine rings is 1. The molecule has 1 aromatic rings. The maximum atomic E-state index is 13.5. The Balaban J connectivity index is 1.43. The highest BCUT2D eigenvalue weighted by Gasteiger charge is 2.27. The molecule has 0 bridgehead atoms. The van der Waals surface area contributed by atoms with Gasteiger partial charge in [0.25, 0.3) is 0 Å². The third kappa shape index (κ3) is 3.37. The summed E-state index contributed by atoms with van der Waals surface area (Å²) < 4.78 is 19.4. The highest BCUT2D eigenvalue weighted by molar-refractivity contribution is 5.16. The van der Waals surface area contributed by atoms with E-state index in [1.165, 1.54) is 12.5 Å². The van der Waals surface area contributed by atoms with Crippen molar-refractivity contribution >= 4 is 0 Å². The number of nitrogens with one attached hydrogen (secondary N) is 1. The van der Waals surface area contributed by atoms with E-state index in [4.69, 9.17) is 4.74 Å². The fraction of sp³-hybridized carbons (Fsp3) is 0.625. The molecule has 0 aliphatic carbocycles. The second-order valence-corrected chi connectivity index (χ2v) is 5.78. The summed E-state index contributed by atoms with van der Waals surface area (Å²) in [6.07, 6.45) is 3.66. The van der Waals surface area contributed by atoms with Crippen LogP contribution < -0.4 is 5.32 Å². The van der Waals surface area contributed by atoms with Gasteiger partial charge in [-0.3, -0.25) is 4.90 Å². The van der Waals surface area contributed by atoms with Gasteiger partial charge in [0.15, 0.2) is 0 Å². The fourth-order valence-corrected chi connectivity index (χ4v) is 3.18. The largest absolute Gasteiger partial charge is 0.373 e. The van der Waals surface area contributed by atoms with Crippen molar-refractivity contribution in [1.82, 2.24) is 10.2 Å². The van der Waals surface area contributed by atoms with E-state index in [9.17, 15) is 4.39 Å². The minimum atomic E-state index is -0.165. The third-order valence-corrected chi connectivity index (χ3v) is 4.46. The topological polar surface area (TPSA) is 24.5 Å². The van der Waals surface area contributed by atoms with Crippen LogP contribution in [-0.4, -0.2) is 43.2 Å². The predicted octanol–water partition coefficient (Wildman–Crippen LogP) is 2.17. The van der Waals surface area contributed by atoms with Gasteiger partial charge in [0.05, 0.1) is 12.7 Å². The van der Waals surface area contributed by atoms with Crippen LogP contribution in [0.5, 0.6) is 0 Å². The number of nitrogens with zero attached hydrogens (tertiary/aromatic N) is 1. The van der Waals surface area contributed by atoms with Crippen molar-refractivity contribution in [3.63, 3.8) is 0 Å². The molecule has 1 atom stereocenters. The molecule has 4 heteroatoms. The van der Waals surface area contributed by atoms with Crippen molar-refractivity contribution in [1.29, 1.82) is 0 Å². The summed E-state index contributed by atoms with van der Waals surface area (Å²) in [5.41, 5.74) is 0.662. The molecule has 0 amide bonds. The van der Waals surface area contributed by atoms with Gasteiger partial charge in [-0.05, 0) is 31.9 Å². The van der Waals surface area contributed by atoms with E-state index >= 15 is 0 Å². The monoisotopic (exact) mass is 278 g/mol. The lowest BCUT2D eigenvalue weighted by Gasteiger charge is -2.35. The van der Waals surface area contributed by atoms with Gasteiger partial charge in [-0.25, -0.2) is 4.39 Å². The SMILES string of the molecule is Fc1ccccc1COC1CCN(C2CCNC2)CC1. The zero-order chi connectivity index (χ0) is 13.8. The molecule has 2 aliphatic rings. The Morgan fingerprint density at radius 3 is 2.70 bits per heavy atom. The average Bonchev–Trinajstić information content (AvgIpc) is 3.01. The summed E-state index contributed by atoms with van der Waals surface area (Å²) in [4.78, 5) is 2.57. The molecule has 0 spiro atoms. The molecule has 20 heavy (non-hydrogen) atoms. The maximum absolute atomic E-state index is 13.5. The van der Waals surface area contributed by atoms with E-state index in [1.807, 2.05) is 6.07 Å². The van der Waals surface area contributed by atoms with Crippen LogP contribution >= 0.6 is 0 Å². The Morgan fingerprint density at radius 1 is 1.20 bits per heavy atom. The van der Waals surface area contributed by atoms with Crippen molar-refractivity contribution in [3.05, 3.63) is 35.6 Å². The van der Waals surface area contributed by atoms with Gasteiger partial charge in [-0.15, -0.1) is 0 Å². The Morgan fingerprint density at radius 2 is 2.00 bits per heavy atom. The van der Waals surface area contributed by atoms with Crippen LogP contribution in [0.3, 0.4) is 0 Å². The Hall–Kier alpha value is -0.970. The van der Waals surface area contributed by atoms with E-state index in [1.54, 1.807) is 12.1 Å². The normalized spacial score (nSPS) is 25.1. The average molecular weight is 278 g/mol. The number of halogens is 1. The highest BCUT2D eigenvalue weighted by atomic mass is 19.1. The number of ether oxygens (including phenoxy) is 1. The molecule has 3 nitrogen and oxygen atoms in total. The molecule has 0 radical (unpaired) electrons. The van der Waals surface area contributed by atoms with Gasteiger partial charge in [-0.2, -0.15) is 0 Å². The van der Waals surface area contributed by atoms with Crippen molar-refractivity contribution in [2.24, 2.45) is 0 Å². The quantitative estimate of drug-likeness (QED) is 0.913. The summed E-state index contributed by atoms with van der Waals surface area (Å²) in [6, 6.07) is 7.58. The van der Waals surface area contributed by atoms with Gasteiger partial charge < -0.3 is 10.1 Å². The summed E-state index contributed by atoms with van der Waals surface area (Å²) in [5, 5.41) is 3.42. The van der Waals surface area contributed by atoms with Crippen LogP contribution in [0.2, 0.25) is 0 Å². The molecule has 1 aromatic carbocycles. The van der Waals surface area contributed by atoms with Crippen LogP contribution in [0.15, 0.2) is 24.3 Å².